The van der Waals surface area contributed by atoms with Crippen LogP contribution in [0.15, 0.2) is 30.5 Å². The van der Waals surface area contributed by atoms with Crippen LogP contribution in [0.25, 0.3) is 5.65 Å². The van der Waals surface area contributed by atoms with Gasteiger partial charge in [-0.2, -0.15) is 19.6 Å². The van der Waals surface area contributed by atoms with Gasteiger partial charge in [0.05, 0.1) is 12.7 Å². The molecule has 0 radical (unpaired) electrons. The Morgan fingerprint density at radius 3 is 2.71 bits per heavy atom. The molecule has 1 N–H and O–H groups in total. The zero-order chi connectivity index (χ0) is 25.2. The van der Waals surface area contributed by atoms with E-state index < -0.39 is 5.60 Å². The third kappa shape index (κ3) is 6.01. The molecular formula is C26H36N6O3. The van der Waals surface area contributed by atoms with Gasteiger partial charge in [0.25, 0.3) is 0 Å². The number of nitrogens with zero attached hydrogens (tertiary/aromatic N) is 5. The van der Waals surface area contributed by atoms with E-state index in [2.05, 4.69) is 48.3 Å². The molecule has 1 saturated heterocycles. The average molecular weight is 481 g/mol. The van der Waals surface area contributed by atoms with E-state index in [4.69, 9.17) is 14.5 Å². The SMILES string of the molecule is Cc1ccccc1CNc1nc(OC2CCCN(C(=O)OC(C)(C)C)C2)nc2c(C(C)C)cnn12. The Labute approximate surface area is 206 Å². The largest absolute Gasteiger partial charge is 0.458 e. The number of hydrogen-bond donors (Lipinski definition) is 1. The van der Waals surface area contributed by atoms with Gasteiger partial charge in [-0.05, 0) is 57.6 Å². The number of aromatic nitrogens is 4. The van der Waals surface area contributed by atoms with Gasteiger partial charge in [-0.3, -0.25) is 0 Å². The number of amides is 1. The van der Waals surface area contributed by atoms with Gasteiger partial charge < -0.3 is 19.7 Å². The number of likely N-dealkylation sites (tertiary alicyclic amines) is 1. The summed E-state index contributed by atoms with van der Waals surface area (Å²) in [6.45, 7) is 13.6. The van der Waals surface area contributed by atoms with Crippen molar-refractivity contribution < 1.29 is 14.3 Å². The highest BCUT2D eigenvalue weighted by Crippen LogP contribution is 2.25. The first-order valence-corrected chi connectivity index (χ1v) is 12.3. The van der Waals surface area contributed by atoms with Gasteiger partial charge in [-0.1, -0.05) is 38.1 Å². The van der Waals surface area contributed by atoms with Crippen molar-refractivity contribution in [1.82, 2.24) is 24.5 Å². The summed E-state index contributed by atoms with van der Waals surface area (Å²) in [5.74, 6) is 0.816. The van der Waals surface area contributed by atoms with E-state index in [1.807, 2.05) is 39.1 Å². The molecule has 3 heterocycles. The standard InChI is InChI=1S/C26H36N6O3/c1-17(2)21-15-28-32-22(21)29-24(30-23(32)27-14-19-11-8-7-10-18(19)3)34-20-12-9-13-31(16-20)25(33)35-26(4,5)6/h7-8,10-11,15,17,20H,9,12-14,16H2,1-6H3,(H,27,29,30). The maximum absolute atomic E-state index is 12.6. The quantitative estimate of drug-likeness (QED) is 0.534. The lowest BCUT2D eigenvalue weighted by atomic mass is 10.1. The zero-order valence-electron chi connectivity index (χ0n) is 21.5. The van der Waals surface area contributed by atoms with Crippen molar-refractivity contribution >= 4 is 17.7 Å². The van der Waals surface area contributed by atoms with Crippen LogP contribution in [-0.4, -0.2) is 55.4 Å². The lowest BCUT2D eigenvalue weighted by molar-refractivity contribution is 0.00662. The molecule has 2 aromatic heterocycles. The second-order valence-corrected chi connectivity index (χ2v) is 10.4. The van der Waals surface area contributed by atoms with Crippen LogP contribution in [0.1, 0.15) is 70.1 Å². The lowest BCUT2D eigenvalue weighted by Gasteiger charge is -2.33. The lowest BCUT2D eigenvalue weighted by Crippen LogP contribution is -2.46. The molecule has 1 atom stereocenters. The van der Waals surface area contributed by atoms with Crippen LogP contribution < -0.4 is 10.1 Å². The van der Waals surface area contributed by atoms with Crippen molar-refractivity contribution in [2.45, 2.75) is 78.6 Å². The fourth-order valence-corrected chi connectivity index (χ4v) is 4.11. The van der Waals surface area contributed by atoms with Crippen molar-refractivity contribution in [2.24, 2.45) is 0 Å². The number of anilines is 1. The number of ether oxygens (including phenoxy) is 2. The van der Waals surface area contributed by atoms with Crippen LogP contribution >= 0.6 is 0 Å². The number of piperidine rings is 1. The van der Waals surface area contributed by atoms with Gasteiger partial charge >= 0.3 is 12.1 Å². The van der Waals surface area contributed by atoms with Gasteiger partial charge in [-0.25, -0.2) is 4.79 Å². The van der Waals surface area contributed by atoms with E-state index in [1.165, 1.54) is 11.1 Å². The fraction of sp³-hybridized carbons (Fsp3) is 0.538. The molecule has 188 valence electrons. The van der Waals surface area contributed by atoms with Crippen LogP contribution in [0, 0.1) is 6.92 Å². The first-order valence-electron chi connectivity index (χ1n) is 12.3. The van der Waals surface area contributed by atoms with Crippen molar-refractivity contribution in [3.05, 3.63) is 47.2 Å². The van der Waals surface area contributed by atoms with E-state index in [0.29, 0.717) is 25.6 Å². The van der Waals surface area contributed by atoms with E-state index in [1.54, 1.807) is 9.42 Å². The van der Waals surface area contributed by atoms with Crippen LogP contribution in [-0.2, 0) is 11.3 Å². The highest BCUT2D eigenvalue weighted by molar-refractivity contribution is 5.68. The molecule has 4 rings (SSSR count). The maximum Gasteiger partial charge on any atom is 0.410 e. The Morgan fingerprint density at radius 2 is 2.00 bits per heavy atom. The van der Waals surface area contributed by atoms with E-state index in [0.717, 1.165) is 24.1 Å². The number of benzene rings is 1. The molecule has 1 unspecified atom stereocenters. The predicted molar refractivity (Wildman–Crippen MR) is 135 cm³/mol. The maximum atomic E-state index is 12.6. The summed E-state index contributed by atoms with van der Waals surface area (Å²) in [4.78, 5) is 23.6. The molecular weight excluding hydrogens is 444 g/mol. The molecule has 9 nitrogen and oxygen atoms in total. The minimum atomic E-state index is -0.536. The molecule has 0 bridgehead atoms. The highest BCUT2D eigenvalue weighted by Gasteiger charge is 2.29. The summed E-state index contributed by atoms with van der Waals surface area (Å²) >= 11 is 0. The Hall–Kier alpha value is -3.36. The van der Waals surface area contributed by atoms with Gasteiger partial charge in [0.1, 0.15) is 11.7 Å². The molecule has 0 saturated carbocycles. The Kier molecular flexibility index (Phi) is 7.14. The smallest absolute Gasteiger partial charge is 0.410 e. The molecule has 1 aliphatic heterocycles. The van der Waals surface area contributed by atoms with Crippen LogP contribution in [0.5, 0.6) is 6.01 Å². The normalized spacial score (nSPS) is 16.5. The number of fused-ring (bicyclic) bond motifs is 1. The topological polar surface area (TPSA) is 93.9 Å². The Morgan fingerprint density at radius 1 is 1.23 bits per heavy atom. The molecule has 9 heteroatoms. The number of rotatable bonds is 6. The van der Waals surface area contributed by atoms with Crippen molar-refractivity contribution in [2.75, 3.05) is 18.4 Å². The molecule has 1 fully saturated rings. The number of carbonyl (C=O) groups excluding carboxylic acids is 1. The summed E-state index contributed by atoms with van der Waals surface area (Å²) in [5.41, 5.74) is 3.59. The van der Waals surface area contributed by atoms with Crippen molar-refractivity contribution in [1.29, 1.82) is 0 Å². The molecule has 1 aromatic carbocycles. The number of aryl methyl sites for hydroxylation is 1. The molecule has 0 aliphatic carbocycles. The third-order valence-corrected chi connectivity index (χ3v) is 6.00. The summed E-state index contributed by atoms with van der Waals surface area (Å²) in [6.07, 6.45) is 2.95. The molecule has 1 amide bonds. The van der Waals surface area contributed by atoms with Gasteiger partial charge in [0.15, 0.2) is 5.65 Å². The van der Waals surface area contributed by atoms with E-state index >= 15 is 0 Å². The second kappa shape index (κ2) is 10.1. The first kappa shape index (κ1) is 24.8. The predicted octanol–water partition coefficient (Wildman–Crippen LogP) is 4.95. The summed E-state index contributed by atoms with van der Waals surface area (Å²) < 4.78 is 13.5. The van der Waals surface area contributed by atoms with Crippen LogP contribution in [0.2, 0.25) is 0 Å². The number of nitrogens with one attached hydrogen (secondary N) is 1. The Bertz CT molecular complexity index is 1180. The molecule has 3 aromatic rings. The van der Waals surface area contributed by atoms with Crippen molar-refractivity contribution in [3.63, 3.8) is 0 Å². The van der Waals surface area contributed by atoms with Gasteiger partial charge in [0, 0.05) is 18.7 Å². The summed E-state index contributed by atoms with van der Waals surface area (Å²) in [6, 6.07) is 8.52. The second-order valence-electron chi connectivity index (χ2n) is 10.4. The zero-order valence-corrected chi connectivity index (χ0v) is 21.5. The monoisotopic (exact) mass is 480 g/mol. The highest BCUT2D eigenvalue weighted by atomic mass is 16.6. The van der Waals surface area contributed by atoms with Crippen molar-refractivity contribution in [3.8, 4) is 6.01 Å². The average Bonchev–Trinajstić information content (AvgIpc) is 3.22. The summed E-state index contributed by atoms with van der Waals surface area (Å²) in [7, 11) is 0. The first-order chi connectivity index (χ1) is 16.6. The molecule has 35 heavy (non-hydrogen) atoms. The fourth-order valence-electron chi connectivity index (χ4n) is 4.11. The molecule has 1 aliphatic rings. The third-order valence-electron chi connectivity index (χ3n) is 6.00. The number of carbonyl (C=O) groups is 1. The van der Waals surface area contributed by atoms with Crippen LogP contribution in [0.4, 0.5) is 10.7 Å². The minimum Gasteiger partial charge on any atom is -0.458 e. The van der Waals surface area contributed by atoms with E-state index in [-0.39, 0.29) is 24.1 Å². The van der Waals surface area contributed by atoms with E-state index in [9.17, 15) is 4.79 Å². The van der Waals surface area contributed by atoms with Gasteiger partial charge in [0.2, 0.25) is 5.95 Å². The molecule has 0 spiro atoms. The summed E-state index contributed by atoms with van der Waals surface area (Å²) in [5, 5.41) is 7.95. The Balaban J connectivity index is 1.56. The minimum absolute atomic E-state index is 0.214. The van der Waals surface area contributed by atoms with Crippen LogP contribution in [0.3, 0.4) is 0 Å². The number of hydrogen-bond acceptors (Lipinski definition) is 7. The van der Waals surface area contributed by atoms with Gasteiger partial charge in [-0.15, -0.1) is 0 Å².